The molecule has 174 valence electrons. The zero-order chi connectivity index (χ0) is 24.4. The third-order valence-corrected chi connectivity index (χ3v) is 5.63. The van der Waals surface area contributed by atoms with Crippen LogP contribution in [-0.2, 0) is 9.59 Å². The number of ketones is 1. The summed E-state index contributed by atoms with van der Waals surface area (Å²) in [6, 6.07) is 12.7. The van der Waals surface area contributed by atoms with Crippen LogP contribution in [-0.4, -0.2) is 28.4 Å². The fraction of sp³-hybridized carbons (Fsp3) is 0.192. The van der Waals surface area contributed by atoms with Gasteiger partial charge in [0.2, 0.25) is 0 Å². The third kappa shape index (κ3) is 4.52. The molecule has 8 heteroatoms. The number of aliphatic hydroxyl groups is 1. The lowest BCUT2D eigenvalue weighted by Gasteiger charge is -2.25. The number of aromatic nitrogens is 1. The van der Waals surface area contributed by atoms with Gasteiger partial charge in [0.1, 0.15) is 17.3 Å². The van der Waals surface area contributed by atoms with Gasteiger partial charge >= 0.3 is 0 Å². The standard InChI is InChI=1S/C26H22ClFN2O4/c1-15(2)14-34-19-8-5-16(6-9-19)24(31)22-23(17-4-3-11-29-13-17)30(26(33)25(22)32)18-7-10-21(28)20(27)12-18/h3-13,15,23,31H,14H2,1-2H3/b24-22+. The van der Waals surface area contributed by atoms with Crippen LogP contribution in [0.5, 0.6) is 5.75 Å². The lowest BCUT2D eigenvalue weighted by molar-refractivity contribution is -0.132. The molecule has 1 fully saturated rings. The Balaban J connectivity index is 1.81. The van der Waals surface area contributed by atoms with Gasteiger partial charge in [-0.3, -0.25) is 19.5 Å². The Bertz CT molecular complexity index is 1260. The van der Waals surface area contributed by atoms with E-state index in [1.165, 1.54) is 23.2 Å². The Morgan fingerprint density at radius 1 is 1.18 bits per heavy atom. The molecule has 0 spiro atoms. The first-order valence-electron chi connectivity index (χ1n) is 10.7. The van der Waals surface area contributed by atoms with Crippen LogP contribution in [0.2, 0.25) is 5.02 Å². The molecule has 2 aromatic carbocycles. The first-order chi connectivity index (χ1) is 16.3. The summed E-state index contributed by atoms with van der Waals surface area (Å²) in [5.41, 5.74) is 0.967. The molecule has 6 nitrogen and oxygen atoms in total. The first kappa shape index (κ1) is 23.4. The number of pyridine rings is 1. The molecule has 1 aromatic heterocycles. The van der Waals surface area contributed by atoms with E-state index in [4.69, 9.17) is 16.3 Å². The lowest BCUT2D eigenvalue weighted by atomic mass is 9.96. The summed E-state index contributed by atoms with van der Waals surface area (Å²) in [5, 5.41) is 11.0. The van der Waals surface area contributed by atoms with Gasteiger partial charge in [0.15, 0.2) is 0 Å². The van der Waals surface area contributed by atoms with E-state index in [-0.39, 0.29) is 22.0 Å². The van der Waals surface area contributed by atoms with Crippen LogP contribution in [0.3, 0.4) is 0 Å². The number of hydrogen-bond acceptors (Lipinski definition) is 5. The Hall–Kier alpha value is -3.71. The molecule has 3 aromatic rings. The number of hydrogen-bond donors (Lipinski definition) is 1. The van der Waals surface area contributed by atoms with Gasteiger partial charge in [-0.25, -0.2) is 4.39 Å². The second kappa shape index (κ2) is 9.65. The van der Waals surface area contributed by atoms with Crippen LogP contribution in [0.25, 0.3) is 5.76 Å². The van der Waals surface area contributed by atoms with Crippen LogP contribution in [0, 0.1) is 11.7 Å². The van der Waals surface area contributed by atoms with Crippen molar-refractivity contribution in [1.29, 1.82) is 0 Å². The van der Waals surface area contributed by atoms with Gasteiger partial charge in [0, 0.05) is 23.6 Å². The molecule has 2 heterocycles. The number of rotatable bonds is 6. The summed E-state index contributed by atoms with van der Waals surface area (Å²) >= 11 is 5.94. The fourth-order valence-electron chi connectivity index (χ4n) is 3.71. The van der Waals surface area contributed by atoms with E-state index in [1.54, 1.807) is 42.6 Å². The summed E-state index contributed by atoms with van der Waals surface area (Å²) in [6.07, 6.45) is 3.06. The minimum Gasteiger partial charge on any atom is -0.507 e. The number of carbonyl (C=O) groups is 2. The van der Waals surface area contributed by atoms with Crippen molar-refractivity contribution in [2.45, 2.75) is 19.9 Å². The first-order valence-corrected chi connectivity index (χ1v) is 11.0. The normalized spacial score (nSPS) is 17.4. The summed E-state index contributed by atoms with van der Waals surface area (Å²) in [7, 11) is 0. The van der Waals surface area contributed by atoms with Crippen LogP contribution in [0.1, 0.15) is 31.0 Å². The van der Waals surface area contributed by atoms with Crippen LogP contribution in [0.4, 0.5) is 10.1 Å². The van der Waals surface area contributed by atoms with Crippen molar-refractivity contribution < 1.29 is 23.8 Å². The Morgan fingerprint density at radius 2 is 1.91 bits per heavy atom. The number of carbonyl (C=O) groups excluding carboxylic acids is 2. The monoisotopic (exact) mass is 480 g/mol. The summed E-state index contributed by atoms with van der Waals surface area (Å²) < 4.78 is 19.4. The predicted molar refractivity (Wildman–Crippen MR) is 127 cm³/mol. The van der Waals surface area contributed by atoms with E-state index in [0.29, 0.717) is 29.4 Å². The summed E-state index contributed by atoms with van der Waals surface area (Å²) in [4.78, 5) is 31.5. The maximum Gasteiger partial charge on any atom is 0.300 e. The third-order valence-electron chi connectivity index (χ3n) is 5.34. The molecule has 1 aliphatic rings. The maximum absolute atomic E-state index is 13.8. The minimum absolute atomic E-state index is 0.103. The lowest BCUT2D eigenvalue weighted by Crippen LogP contribution is -2.29. The SMILES string of the molecule is CC(C)COc1ccc(/C(O)=C2\C(=O)C(=O)N(c3ccc(F)c(Cl)c3)C2c2cccnc2)cc1. The number of amides is 1. The molecule has 0 aliphatic carbocycles. The van der Waals surface area contributed by atoms with E-state index >= 15 is 0 Å². The Kier molecular flexibility index (Phi) is 6.65. The molecule has 34 heavy (non-hydrogen) atoms. The molecule has 0 radical (unpaired) electrons. The van der Waals surface area contributed by atoms with Crippen molar-refractivity contribution in [1.82, 2.24) is 4.98 Å². The number of halogens is 2. The van der Waals surface area contributed by atoms with Crippen molar-refractivity contribution in [3.8, 4) is 5.75 Å². The summed E-state index contributed by atoms with van der Waals surface area (Å²) in [6.45, 7) is 4.61. The van der Waals surface area contributed by atoms with Gasteiger partial charge < -0.3 is 9.84 Å². The Labute approximate surface area is 201 Å². The van der Waals surface area contributed by atoms with Crippen LogP contribution < -0.4 is 9.64 Å². The summed E-state index contributed by atoms with van der Waals surface area (Å²) in [5.74, 6) is -1.75. The minimum atomic E-state index is -0.980. The van der Waals surface area contributed by atoms with E-state index in [2.05, 4.69) is 4.98 Å². The molecule has 1 N–H and O–H groups in total. The van der Waals surface area contributed by atoms with Gasteiger partial charge in [0.05, 0.1) is 23.2 Å². The van der Waals surface area contributed by atoms with E-state index < -0.39 is 23.5 Å². The number of aliphatic hydroxyl groups excluding tert-OH is 1. The van der Waals surface area contributed by atoms with Crippen molar-refractivity contribution >= 4 is 34.7 Å². The van der Waals surface area contributed by atoms with E-state index in [9.17, 15) is 19.1 Å². The highest BCUT2D eigenvalue weighted by molar-refractivity contribution is 6.51. The predicted octanol–water partition coefficient (Wildman–Crippen LogP) is 5.54. The smallest absolute Gasteiger partial charge is 0.300 e. The van der Waals surface area contributed by atoms with Crippen LogP contribution in [0.15, 0.2) is 72.6 Å². The van der Waals surface area contributed by atoms with Crippen molar-refractivity contribution in [3.05, 3.63) is 94.5 Å². The highest BCUT2D eigenvalue weighted by Gasteiger charge is 2.47. The van der Waals surface area contributed by atoms with Gasteiger partial charge in [0.25, 0.3) is 11.7 Å². The Morgan fingerprint density at radius 3 is 2.53 bits per heavy atom. The number of anilines is 1. The highest BCUT2D eigenvalue weighted by atomic mass is 35.5. The van der Waals surface area contributed by atoms with Gasteiger partial charge in [-0.05, 0) is 60.0 Å². The molecule has 1 saturated heterocycles. The molecule has 0 bridgehead atoms. The molecular formula is C26H22ClFN2O4. The molecule has 1 unspecified atom stereocenters. The van der Waals surface area contributed by atoms with E-state index in [0.717, 1.165) is 6.07 Å². The molecule has 1 aliphatic heterocycles. The largest absolute Gasteiger partial charge is 0.507 e. The van der Waals surface area contributed by atoms with Gasteiger partial charge in [-0.2, -0.15) is 0 Å². The fourth-order valence-corrected chi connectivity index (χ4v) is 3.89. The zero-order valence-corrected chi connectivity index (χ0v) is 19.3. The molecule has 0 saturated carbocycles. The van der Waals surface area contributed by atoms with Crippen molar-refractivity contribution in [3.63, 3.8) is 0 Å². The van der Waals surface area contributed by atoms with Gasteiger partial charge in [-0.15, -0.1) is 0 Å². The van der Waals surface area contributed by atoms with Crippen molar-refractivity contribution in [2.75, 3.05) is 11.5 Å². The average Bonchev–Trinajstić information content (AvgIpc) is 3.10. The average molecular weight is 481 g/mol. The number of nitrogens with zero attached hydrogens (tertiary/aromatic N) is 2. The van der Waals surface area contributed by atoms with Crippen LogP contribution >= 0.6 is 11.6 Å². The topological polar surface area (TPSA) is 79.7 Å². The number of Topliss-reactive ketones (excluding diaryl/α,β-unsaturated/α-hetero) is 1. The van der Waals surface area contributed by atoms with E-state index in [1.807, 2.05) is 13.8 Å². The molecule has 1 amide bonds. The second-order valence-corrected chi connectivity index (χ2v) is 8.69. The molecule has 1 atom stereocenters. The second-order valence-electron chi connectivity index (χ2n) is 8.28. The van der Waals surface area contributed by atoms with Gasteiger partial charge in [-0.1, -0.05) is 31.5 Å². The molecular weight excluding hydrogens is 459 g/mol. The highest BCUT2D eigenvalue weighted by Crippen LogP contribution is 2.42. The van der Waals surface area contributed by atoms with Crippen molar-refractivity contribution in [2.24, 2.45) is 5.92 Å². The quantitative estimate of drug-likeness (QED) is 0.285. The maximum atomic E-state index is 13.8. The number of ether oxygens (including phenoxy) is 1. The zero-order valence-electron chi connectivity index (χ0n) is 18.5. The number of benzene rings is 2. The molecule has 4 rings (SSSR count).